The summed E-state index contributed by atoms with van der Waals surface area (Å²) in [6.45, 7) is 4.66. The molecule has 0 saturated carbocycles. The van der Waals surface area contributed by atoms with Crippen molar-refractivity contribution >= 4 is 5.95 Å². The van der Waals surface area contributed by atoms with E-state index in [2.05, 4.69) is 33.0 Å². The molecule has 1 aromatic rings. The average Bonchev–Trinajstić information content (AvgIpc) is 3.09. The molecule has 2 bridgehead atoms. The van der Waals surface area contributed by atoms with Gasteiger partial charge < -0.3 is 19.5 Å². The van der Waals surface area contributed by atoms with E-state index in [4.69, 9.17) is 4.74 Å². The minimum Gasteiger partial charge on any atom is -0.382 e. The fourth-order valence-electron chi connectivity index (χ4n) is 3.78. The van der Waals surface area contributed by atoms with Gasteiger partial charge in [-0.1, -0.05) is 0 Å². The van der Waals surface area contributed by atoms with E-state index in [1.807, 2.05) is 13.1 Å². The second kappa shape index (κ2) is 6.79. The summed E-state index contributed by atoms with van der Waals surface area (Å²) in [4.78, 5) is 6.98. The number of nitrogens with one attached hydrogen (secondary N) is 1. The van der Waals surface area contributed by atoms with Gasteiger partial charge in [-0.25, -0.2) is 4.98 Å². The van der Waals surface area contributed by atoms with E-state index in [1.165, 1.54) is 25.7 Å². The van der Waals surface area contributed by atoms with Gasteiger partial charge in [-0.15, -0.1) is 0 Å². The lowest BCUT2D eigenvalue weighted by Crippen LogP contribution is -2.47. The van der Waals surface area contributed by atoms with Crippen molar-refractivity contribution in [2.24, 2.45) is 0 Å². The molecular formula is C16H28N4O. The van der Waals surface area contributed by atoms with Crippen molar-refractivity contribution in [2.75, 3.05) is 25.2 Å². The van der Waals surface area contributed by atoms with E-state index in [9.17, 15) is 0 Å². The minimum absolute atomic E-state index is 0.622. The molecule has 0 aliphatic carbocycles. The van der Waals surface area contributed by atoms with Crippen LogP contribution in [0.4, 0.5) is 5.95 Å². The lowest BCUT2D eigenvalue weighted by molar-refractivity contribution is 0.141. The first-order valence-electron chi connectivity index (χ1n) is 8.35. The molecule has 0 amide bonds. The van der Waals surface area contributed by atoms with Crippen LogP contribution in [0.15, 0.2) is 12.4 Å². The highest BCUT2D eigenvalue weighted by atomic mass is 16.5. The Balaban J connectivity index is 1.59. The molecule has 118 valence electrons. The van der Waals surface area contributed by atoms with Gasteiger partial charge in [0.1, 0.15) is 0 Å². The molecule has 3 rings (SSSR count). The number of rotatable bonds is 7. The topological polar surface area (TPSA) is 42.3 Å². The molecule has 0 spiro atoms. The van der Waals surface area contributed by atoms with Crippen molar-refractivity contribution < 1.29 is 4.74 Å². The van der Waals surface area contributed by atoms with Crippen LogP contribution in [0.25, 0.3) is 0 Å². The monoisotopic (exact) mass is 292 g/mol. The highest BCUT2D eigenvalue weighted by Gasteiger charge is 2.35. The summed E-state index contributed by atoms with van der Waals surface area (Å²) >= 11 is 0. The van der Waals surface area contributed by atoms with E-state index in [0.717, 1.165) is 44.2 Å². The summed E-state index contributed by atoms with van der Waals surface area (Å²) in [5.74, 6) is 1.11. The Hall–Kier alpha value is -1.07. The third kappa shape index (κ3) is 3.40. The molecule has 2 saturated heterocycles. The van der Waals surface area contributed by atoms with E-state index in [0.29, 0.717) is 6.04 Å². The molecule has 21 heavy (non-hydrogen) atoms. The number of piperidine rings is 1. The number of aryl methyl sites for hydroxylation is 1. The van der Waals surface area contributed by atoms with Crippen LogP contribution in [0.3, 0.4) is 0 Å². The molecule has 5 nitrogen and oxygen atoms in total. The van der Waals surface area contributed by atoms with E-state index >= 15 is 0 Å². The van der Waals surface area contributed by atoms with Gasteiger partial charge in [-0.2, -0.15) is 0 Å². The smallest absolute Gasteiger partial charge is 0.205 e. The standard InChI is InChI=1S/C16H28N4O/c1-3-21-10-4-8-20-9-7-17-16(20)19(2)15-11-13-5-6-14(12-15)18-13/h7,9,13-15,18H,3-6,8,10-12H2,1-2H3. The zero-order valence-electron chi connectivity index (χ0n) is 13.3. The van der Waals surface area contributed by atoms with Crippen LogP contribution in [-0.2, 0) is 11.3 Å². The normalized spacial score (nSPS) is 28.0. The zero-order valence-corrected chi connectivity index (χ0v) is 13.3. The Labute approximate surface area is 127 Å². The maximum atomic E-state index is 5.43. The van der Waals surface area contributed by atoms with Crippen molar-refractivity contribution in [3.63, 3.8) is 0 Å². The molecule has 0 aromatic carbocycles. The molecule has 1 N–H and O–H groups in total. The first kappa shape index (κ1) is 14.9. The maximum Gasteiger partial charge on any atom is 0.205 e. The summed E-state index contributed by atoms with van der Waals surface area (Å²) in [7, 11) is 2.21. The fraction of sp³-hybridized carbons (Fsp3) is 0.812. The number of imidazole rings is 1. The lowest BCUT2D eigenvalue weighted by atomic mass is 9.99. The Morgan fingerprint density at radius 2 is 2.14 bits per heavy atom. The average molecular weight is 292 g/mol. The Bertz CT molecular complexity index is 435. The van der Waals surface area contributed by atoms with Gasteiger partial charge in [-0.3, -0.25) is 0 Å². The van der Waals surface area contributed by atoms with Crippen LogP contribution >= 0.6 is 0 Å². The highest BCUT2D eigenvalue weighted by Crippen LogP contribution is 2.30. The van der Waals surface area contributed by atoms with Gasteiger partial charge >= 0.3 is 0 Å². The molecule has 3 heterocycles. The third-order valence-electron chi connectivity index (χ3n) is 4.90. The summed E-state index contributed by atoms with van der Waals surface area (Å²) in [5, 5.41) is 3.71. The molecule has 2 fully saturated rings. The zero-order chi connectivity index (χ0) is 14.7. The summed E-state index contributed by atoms with van der Waals surface area (Å²) in [5.41, 5.74) is 0. The SMILES string of the molecule is CCOCCCn1ccnc1N(C)C1CC2CCC(C1)N2. The minimum atomic E-state index is 0.622. The van der Waals surface area contributed by atoms with Crippen LogP contribution in [0.1, 0.15) is 39.0 Å². The number of fused-ring (bicyclic) bond motifs is 2. The second-order valence-electron chi connectivity index (χ2n) is 6.35. The van der Waals surface area contributed by atoms with E-state index in [-0.39, 0.29) is 0 Å². The molecular weight excluding hydrogens is 264 g/mol. The number of hydrogen-bond donors (Lipinski definition) is 1. The quantitative estimate of drug-likeness (QED) is 0.781. The van der Waals surface area contributed by atoms with Crippen LogP contribution in [0.5, 0.6) is 0 Å². The van der Waals surface area contributed by atoms with Crippen molar-refractivity contribution in [3.05, 3.63) is 12.4 Å². The van der Waals surface area contributed by atoms with Gasteiger partial charge in [0, 0.05) is 57.3 Å². The summed E-state index contributed by atoms with van der Waals surface area (Å²) in [6, 6.07) is 2.06. The highest BCUT2D eigenvalue weighted by molar-refractivity contribution is 5.32. The van der Waals surface area contributed by atoms with Crippen molar-refractivity contribution in [3.8, 4) is 0 Å². The fourth-order valence-corrected chi connectivity index (χ4v) is 3.78. The number of hydrogen-bond acceptors (Lipinski definition) is 4. The van der Waals surface area contributed by atoms with Gasteiger partial charge in [0.05, 0.1) is 0 Å². The van der Waals surface area contributed by atoms with Crippen LogP contribution in [0, 0.1) is 0 Å². The van der Waals surface area contributed by atoms with Crippen molar-refractivity contribution in [2.45, 2.75) is 63.7 Å². The number of aromatic nitrogens is 2. The lowest BCUT2D eigenvalue weighted by Gasteiger charge is -2.36. The predicted molar refractivity (Wildman–Crippen MR) is 84.7 cm³/mol. The van der Waals surface area contributed by atoms with Gasteiger partial charge in [-0.05, 0) is 39.0 Å². The third-order valence-corrected chi connectivity index (χ3v) is 4.90. The van der Waals surface area contributed by atoms with Gasteiger partial charge in [0.15, 0.2) is 0 Å². The Morgan fingerprint density at radius 1 is 1.38 bits per heavy atom. The first-order chi connectivity index (χ1) is 10.3. The van der Waals surface area contributed by atoms with Crippen LogP contribution < -0.4 is 10.2 Å². The van der Waals surface area contributed by atoms with Gasteiger partial charge in [0.25, 0.3) is 0 Å². The molecule has 0 radical (unpaired) electrons. The molecule has 2 unspecified atom stereocenters. The largest absolute Gasteiger partial charge is 0.382 e. The van der Waals surface area contributed by atoms with Crippen molar-refractivity contribution in [1.29, 1.82) is 0 Å². The summed E-state index contributed by atoms with van der Waals surface area (Å²) < 4.78 is 7.70. The number of anilines is 1. The predicted octanol–water partition coefficient (Wildman–Crippen LogP) is 2.03. The Morgan fingerprint density at radius 3 is 2.86 bits per heavy atom. The van der Waals surface area contributed by atoms with Crippen LogP contribution in [-0.4, -0.2) is 47.9 Å². The molecule has 2 aliphatic heterocycles. The summed E-state index contributed by atoms with van der Waals surface area (Å²) in [6.07, 6.45) is 10.2. The molecule has 2 aliphatic rings. The Kier molecular flexibility index (Phi) is 4.80. The number of nitrogens with zero attached hydrogens (tertiary/aromatic N) is 3. The maximum absolute atomic E-state index is 5.43. The van der Waals surface area contributed by atoms with Crippen LogP contribution in [0.2, 0.25) is 0 Å². The van der Waals surface area contributed by atoms with Crippen molar-refractivity contribution in [1.82, 2.24) is 14.9 Å². The molecule has 5 heteroatoms. The number of ether oxygens (including phenoxy) is 1. The second-order valence-corrected chi connectivity index (χ2v) is 6.35. The van der Waals surface area contributed by atoms with Gasteiger partial charge in [0.2, 0.25) is 5.95 Å². The van der Waals surface area contributed by atoms with E-state index in [1.54, 1.807) is 0 Å². The van der Waals surface area contributed by atoms with E-state index < -0.39 is 0 Å². The molecule has 1 aromatic heterocycles. The molecule has 2 atom stereocenters. The first-order valence-corrected chi connectivity index (χ1v) is 8.35.